The van der Waals surface area contributed by atoms with E-state index in [0.717, 1.165) is 5.56 Å². The summed E-state index contributed by atoms with van der Waals surface area (Å²) in [5, 5.41) is 0. The third kappa shape index (κ3) is 6.59. The van der Waals surface area contributed by atoms with Gasteiger partial charge in [-0.15, -0.1) is 0 Å². The fourth-order valence-electron chi connectivity index (χ4n) is 2.01. The normalized spacial score (nSPS) is 11.7. The SMILES string of the molecule is CCS(=O)(=O)CCCN(CC(N)=O)Cc1ccccc1N. The van der Waals surface area contributed by atoms with Gasteiger partial charge in [0.2, 0.25) is 5.91 Å². The lowest BCUT2D eigenvalue weighted by molar-refractivity contribution is -0.119. The van der Waals surface area contributed by atoms with Crippen LogP contribution in [0.15, 0.2) is 24.3 Å². The molecule has 1 amide bonds. The molecule has 0 aliphatic carbocycles. The van der Waals surface area contributed by atoms with Gasteiger partial charge in [0.1, 0.15) is 9.84 Å². The Hall–Kier alpha value is -1.60. The highest BCUT2D eigenvalue weighted by Crippen LogP contribution is 2.13. The fourth-order valence-corrected chi connectivity index (χ4v) is 2.86. The van der Waals surface area contributed by atoms with E-state index in [-0.39, 0.29) is 18.1 Å². The summed E-state index contributed by atoms with van der Waals surface area (Å²) in [6.07, 6.45) is 0.468. The molecule has 118 valence electrons. The molecule has 4 N–H and O–H groups in total. The highest BCUT2D eigenvalue weighted by atomic mass is 32.2. The van der Waals surface area contributed by atoms with Crippen molar-refractivity contribution in [1.29, 1.82) is 0 Å². The Kier molecular flexibility index (Phi) is 6.64. The minimum Gasteiger partial charge on any atom is -0.398 e. The van der Waals surface area contributed by atoms with Crippen LogP contribution >= 0.6 is 0 Å². The molecule has 0 saturated heterocycles. The molecule has 1 aromatic carbocycles. The van der Waals surface area contributed by atoms with E-state index in [0.29, 0.717) is 25.2 Å². The van der Waals surface area contributed by atoms with Gasteiger partial charge < -0.3 is 11.5 Å². The van der Waals surface area contributed by atoms with Crippen molar-refractivity contribution in [2.24, 2.45) is 5.73 Å². The predicted octanol–water partition coefficient (Wildman–Crippen LogP) is 0.381. The van der Waals surface area contributed by atoms with E-state index < -0.39 is 15.7 Å². The van der Waals surface area contributed by atoms with Crippen LogP contribution in [0.4, 0.5) is 5.69 Å². The van der Waals surface area contributed by atoms with Crippen LogP contribution in [0.1, 0.15) is 18.9 Å². The minimum absolute atomic E-state index is 0.0838. The van der Waals surface area contributed by atoms with Crippen molar-refractivity contribution in [3.05, 3.63) is 29.8 Å². The highest BCUT2D eigenvalue weighted by Gasteiger charge is 2.13. The number of benzene rings is 1. The Morgan fingerprint density at radius 2 is 1.95 bits per heavy atom. The molecule has 1 rings (SSSR count). The second-order valence-electron chi connectivity index (χ2n) is 4.97. The zero-order valence-electron chi connectivity index (χ0n) is 12.3. The molecule has 21 heavy (non-hydrogen) atoms. The largest absolute Gasteiger partial charge is 0.398 e. The second kappa shape index (κ2) is 7.99. The predicted molar refractivity (Wildman–Crippen MR) is 84.3 cm³/mol. The lowest BCUT2D eigenvalue weighted by Gasteiger charge is -2.21. The van der Waals surface area contributed by atoms with Crippen molar-refractivity contribution in [2.75, 3.05) is 30.3 Å². The molecule has 0 aliphatic heterocycles. The number of rotatable bonds is 9. The molecule has 0 bridgehead atoms. The maximum absolute atomic E-state index is 11.5. The number of carbonyl (C=O) groups excluding carboxylic acids is 1. The molecular weight excluding hydrogens is 290 g/mol. The molecule has 0 aromatic heterocycles. The number of primary amides is 1. The number of nitrogens with zero attached hydrogens (tertiary/aromatic N) is 1. The fraction of sp³-hybridized carbons (Fsp3) is 0.500. The van der Waals surface area contributed by atoms with Crippen molar-refractivity contribution >= 4 is 21.4 Å². The third-order valence-corrected chi connectivity index (χ3v) is 4.99. The molecule has 0 heterocycles. The zero-order valence-corrected chi connectivity index (χ0v) is 13.1. The number of para-hydroxylation sites is 1. The Morgan fingerprint density at radius 1 is 1.29 bits per heavy atom. The molecule has 7 heteroatoms. The summed E-state index contributed by atoms with van der Waals surface area (Å²) in [6.45, 7) is 2.67. The molecule has 6 nitrogen and oxygen atoms in total. The van der Waals surface area contributed by atoms with Gasteiger partial charge in [-0.3, -0.25) is 9.69 Å². The number of nitrogens with two attached hydrogens (primary N) is 2. The van der Waals surface area contributed by atoms with E-state index >= 15 is 0 Å². The van der Waals surface area contributed by atoms with Gasteiger partial charge in [-0.1, -0.05) is 25.1 Å². The maximum atomic E-state index is 11.5. The van der Waals surface area contributed by atoms with Crippen molar-refractivity contribution < 1.29 is 13.2 Å². The number of hydrogen-bond acceptors (Lipinski definition) is 5. The van der Waals surface area contributed by atoms with Gasteiger partial charge in [0.05, 0.1) is 12.3 Å². The smallest absolute Gasteiger partial charge is 0.231 e. The molecule has 0 fully saturated rings. The molecule has 1 aromatic rings. The molecule has 0 radical (unpaired) electrons. The Balaban J connectivity index is 2.64. The van der Waals surface area contributed by atoms with E-state index in [2.05, 4.69) is 0 Å². The zero-order chi connectivity index (χ0) is 15.9. The average molecular weight is 313 g/mol. The number of nitrogen functional groups attached to an aromatic ring is 1. The van der Waals surface area contributed by atoms with E-state index in [9.17, 15) is 13.2 Å². The van der Waals surface area contributed by atoms with Gasteiger partial charge in [0.15, 0.2) is 0 Å². The van der Waals surface area contributed by atoms with E-state index in [4.69, 9.17) is 11.5 Å². The summed E-state index contributed by atoms with van der Waals surface area (Å²) in [6, 6.07) is 7.38. The second-order valence-corrected chi connectivity index (χ2v) is 7.44. The molecule has 0 aliphatic rings. The van der Waals surface area contributed by atoms with Gasteiger partial charge in [-0.25, -0.2) is 8.42 Å². The van der Waals surface area contributed by atoms with Crippen LogP contribution in [0.3, 0.4) is 0 Å². The summed E-state index contributed by atoms with van der Waals surface area (Å²) in [5.41, 5.74) is 12.7. The summed E-state index contributed by atoms with van der Waals surface area (Å²) in [4.78, 5) is 13.0. The monoisotopic (exact) mass is 313 g/mol. The van der Waals surface area contributed by atoms with Gasteiger partial charge >= 0.3 is 0 Å². The highest BCUT2D eigenvalue weighted by molar-refractivity contribution is 7.91. The van der Waals surface area contributed by atoms with E-state index in [1.165, 1.54) is 0 Å². The molecule has 0 saturated carbocycles. The van der Waals surface area contributed by atoms with Crippen LogP contribution in [0.5, 0.6) is 0 Å². The first-order valence-corrected chi connectivity index (χ1v) is 8.70. The summed E-state index contributed by atoms with van der Waals surface area (Å²) in [5.74, 6) is -0.194. The molecule has 0 spiro atoms. The first-order valence-electron chi connectivity index (χ1n) is 6.88. The van der Waals surface area contributed by atoms with Crippen molar-refractivity contribution in [2.45, 2.75) is 19.9 Å². The summed E-state index contributed by atoms with van der Waals surface area (Å²) >= 11 is 0. The minimum atomic E-state index is -2.99. The lowest BCUT2D eigenvalue weighted by atomic mass is 10.1. The number of anilines is 1. The Labute approximate surface area is 126 Å². The van der Waals surface area contributed by atoms with Crippen molar-refractivity contribution in [1.82, 2.24) is 4.90 Å². The van der Waals surface area contributed by atoms with Crippen LogP contribution in [-0.2, 0) is 21.2 Å². The van der Waals surface area contributed by atoms with Crippen LogP contribution in [-0.4, -0.2) is 43.8 Å². The van der Waals surface area contributed by atoms with Crippen LogP contribution in [0.25, 0.3) is 0 Å². The van der Waals surface area contributed by atoms with Crippen molar-refractivity contribution in [3.8, 4) is 0 Å². The number of hydrogen-bond donors (Lipinski definition) is 2. The van der Waals surface area contributed by atoms with Gasteiger partial charge in [-0.05, 0) is 24.6 Å². The maximum Gasteiger partial charge on any atom is 0.231 e. The topological polar surface area (TPSA) is 106 Å². The third-order valence-electron chi connectivity index (χ3n) is 3.20. The first-order chi connectivity index (χ1) is 9.84. The molecule has 0 atom stereocenters. The standard InChI is InChI=1S/C14H23N3O3S/c1-2-21(19,20)9-5-8-17(11-14(16)18)10-12-6-3-4-7-13(12)15/h3-4,6-7H,2,5,8-11,15H2,1H3,(H2,16,18). The molecule has 0 unspecified atom stereocenters. The summed E-state index contributed by atoms with van der Waals surface area (Å²) < 4.78 is 23.0. The van der Waals surface area contributed by atoms with Crippen LogP contribution in [0, 0.1) is 0 Å². The first kappa shape index (κ1) is 17.5. The van der Waals surface area contributed by atoms with Crippen LogP contribution in [0.2, 0.25) is 0 Å². The van der Waals surface area contributed by atoms with E-state index in [1.807, 2.05) is 23.1 Å². The number of amides is 1. The number of carbonyl (C=O) groups is 1. The Bertz CT molecular complexity index is 573. The average Bonchev–Trinajstić information content (AvgIpc) is 2.40. The lowest BCUT2D eigenvalue weighted by Crippen LogP contribution is -2.35. The number of sulfone groups is 1. The molecular formula is C14H23N3O3S. The van der Waals surface area contributed by atoms with Gasteiger partial charge in [0.25, 0.3) is 0 Å². The Morgan fingerprint density at radius 3 is 2.52 bits per heavy atom. The van der Waals surface area contributed by atoms with Gasteiger partial charge in [-0.2, -0.15) is 0 Å². The van der Waals surface area contributed by atoms with Crippen molar-refractivity contribution in [3.63, 3.8) is 0 Å². The van der Waals surface area contributed by atoms with Gasteiger partial charge in [0, 0.05) is 18.0 Å². The van der Waals surface area contributed by atoms with E-state index in [1.54, 1.807) is 13.0 Å². The quantitative estimate of drug-likeness (QED) is 0.641. The summed E-state index contributed by atoms with van der Waals surface area (Å²) in [7, 11) is -2.99. The van der Waals surface area contributed by atoms with Crippen LogP contribution < -0.4 is 11.5 Å².